The van der Waals surface area contributed by atoms with Crippen LogP contribution in [0.5, 0.6) is 0 Å². The Morgan fingerprint density at radius 3 is 2.88 bits per heavy atom. The lowest BCUT2D eigenvalue weighted by molar-refractivity contribution is -0.153. The van der Waals surface area contributed by atoms with Gasteiger partial charge in [-0.2, -0.15) is 11.8 Å². The van der Waals surface area contributed by atoms with Crippen LogP contribution in [0.3, 0.4) is 0 Å². The second-order valence-corrected chi connectivity index (χ2v) is 5.11. The Morgan fingerprint density at radius 1 is 1.44 bits per heavy atom. The van der Waals surface area contributed by atoms with Crippen LogP contribution in [-0.4, -0.2) is 58.7 Å². The Kier molecular flexibility index (Phi) is 3.70. The molecule has 2 aliphatic rings. The van der Waals surface area contributed by atoms with Gasteiger partial charge in [0, 0.05) is 24.7 Å². The maximum absolute atomic E-state index is 12.0. The number of thioether (sulfide) groups is 1. The van der Waals surface area contributed by atoms with Gasteiger partial charge in [-0.3, -0.25) is 4.79 Å². The molecule has 0 aliphatic carbocycles. The van der Waals surface area contributed by atoms with Crippen LogP contribution in [-0.2, 0) is 14.3 Å². The number of carboxylic acids is 1. The van der Waals surface area contributed by atoms with Crippen molar-refractivity contribution in [3.05, 3.63) is 0 Å². The summed E-state index contributed by atoms with van der Waals surface area (Å²) >= 11 is 1.58. The Morgan fingerprint density at radius 2 is 2.25 bits per heavy atom. The number of hydrogen-bond acceptors (Lipinski definition) is 4. The fraction of sp³-hybridized carbons (Fsp3) is 0.800. The van der Waals surface area contributed by atoms with Gasteiger partial charge in [0.25, 0.3) is 5.91 Å². The third kappa shape index (κ3) is 2.32. The van der Waals surface area contributed by atoms with E-state index in [1.807, 2.05) is 0 Å². The van der Waals surface area contributed by atoms with Crippen molar-refractivity contribution in [1.82, 2.24) is 4.90 Å². The van der Waals surface area contributed by atoms with Crippen LogP contribution >= 0.6 is 11.8 Å². The zero-order chi connectivity index (χ0) is 11.5. The highest BCUT2D eigenvalue weighted by molar-refractivity contribution is 7.99. The number of nitrogens with zero attached hydrogens (tertiary/aromatic N) is 1. The number of carbonyl (C=O) groups excluding carboxylic acids is 1. The zero-order valence-electron chi connectivity index (χ0n) is 8.92. The van der Waals surface area contributed by atoms with E-state index in [-0.39, 0.29) is 5.91 Å². The van der Waals surface area contributed by atoms with Crippen molar-refractivity contribution in [2.75, 3.05) is 24.7 Å². The van der Waals surface area contributed by atoms with Gasteiger partial charge in [0.2, 0.25) is 0 Å². The Labute approximate surface area is 98.1 Å². The molecule has 0 saturated carbocycles. The molecular weight excluding hydrogens is 230 g/mol. The Bertz CT molecular complexity index is 291. The summed E-state index contributed by atoms with van der Waals surface area (Å²) in [4.78, 5) is 24.5. The van der Waals surface area contributed by atoms with Gasteiger partial charge >= 0.3 is 5.97 Å². The van der Waals surface area contributed by atoms with Crippen molar-refractivity contribution < 1.29 is 19.4 Å². The third-order valence-electron chi connectivity index (χ3n) is 2.90. The zero-order valence-corrected chi connectivity index (χ0v) is 9.74. The third-order valence-corrected chi connectivity index (χ3v) is 3.92. The van der Waals surface area contributed by atoms with Crippen molar-refractivity contribution in [3.63, 3.8) is 0 Å². The largest absolute Gasteiger partial charge is 0.480 e. The van der Waals surface area contributed by atoms with Crippen LogP contribution in [0.2, 0.25) is 0 Å². The molecule has 2 rings (SSSR count). The molecule has 0 aromatic carbocycles. The number of carboxylic acid groups (broad SMARTS) is 1. The Balaban J connectivity index is 2.04. The van der Waals surface area contributed by atoms with E-state index in [0.717, 1.165) is 18.6 Å². The highest BCUT2D eigenvalue weighted by atomic mass is 32.2. The first-order valence-corrected chi connectivity index (χ1v) is 6.58. The summed E-state index contributed by atoms with van der Waals surface area (Å²) in [7, 11) is 0. The monoisotopic (exact) mass is 245 g/mol. The lowest BCUT2D eigenvalue weighted by Crippen LogP contribution is -2.53. The maximum Gasteiger partial charge on any atom is 0.327 e. The quantitative estimate of drug-likeness (QED) is 0.752. The van der Waals surface area contributed by atoms with Crippen LogP contribution in [0.1, 0.15) is 12.8 Å². The molecule has 90 valence electrons. The number of carbonyl (C=O) groups is 2. The predicted molar refractivity (Wildman–Crippen MR) is 59.4 cm³/mol. The van der Waals surface area contributed by atoms with Gasteiger partial charge in [0.05, 0.1) is 0 Å². The summed E-state index contributed by atoms with van der Waals surface area (Å²) in [6, 6.07) is -0.685. The number of ether oxygens (including phenoxy) is 1. The minimum absolute atomic E-state index is 0.148. The average Bonchev–Trinajstić information content (AvgIpc) is 2.81. The van der Waals surface area contributed by atoms with E-state index >= 15 is 0 Å². The van der Waals surface area contributed by atoms with Crippen molar-refractivity contribution >= 4 is 23.6 Å². The van der Waals surface area contributed by atoms with Gasteiger partial charge in [0.1, 0.15) is 12.1 Å². The molecule has 1 N–H and O–H groups in total. The van der Waals surface area contributed by atoms with Crippen LogP contribution in [0.4, 0.5) is 0 Å². The molecule has 16 heavy (non-hydrogen) atoms. The summed E-state index contributed by atoms with van der Waals surface area (Å²) in [6.07, 6.45) is 1.19. The maximum atomic E-state index is 12.0. The average molecular weight is 245 g/mol. The molecule has 0 aromatic heterocycles. The van der Waals surface area contributed by atoms with Gasteiger partial charge < -0.3 is 14.7 Å². The summed E-state index contributed by atoms with van der Waals surface area (Å²) in [6.45, 7) is 1.12. The first-order chi connectivity index (χ1) is 7.70. The minimum Gasteiger partial charge on any atom is -0.480 e. The molecule has 0 aromatic rings. The molecule has 6 heteroatoms. The number of amides is 1. The molecule has 2 heterocycles. The lowest BCUT2D eigenvalue weighted by Gasteiger charge is -2.34. The van der Waals surface area contributed by atoms with Gasteiger partial charge in [-0.25, -0.2) is 4.79 Å². The van der Waals surface area contributed by atoms with Crippen LogP contribution < -0.4 is 0 Å². The lowest BCUT2D eigenvalue weighted by atomic mass is 10.2. The summed E-state index contributed by atoms with van der Waals surface area (Å²) < 4.78 is 5.31. The highest BCUT2D eigenvalue weighted by Crippen LogP contribution is 2.21. The molecule has 2 fully saturated rings. The van der Waals surface area contributed by atoms with Crippen LogP contribution in [0.25, 0.3) is 0 Å². The van der Waals surface area contributed by atoms with E-state index < -0.39 is 18.1 Å². The predicted octanol–water partition coefficient (Wildman–Crippen LogP) is 0.194. The minimum atomic E-state index is -0.918. The fourth-order valence-electron chi connectivity index (χ4n) is 2.03. The number of hydrogen-bond donors (Lipinski definition) is 1. The molecule has 0 radical (unpaired) electrons. The topological polar surface area (TPSA) is 66.8 Å². The fourth-order valence-corrected chi connectivity index (χ4v) is 3.07. The van der Waals surface area contributed by atoms with E-state index in [1.165, 1.54) is 4.90 Å². The number of rotatable bonds is 2. The molecule has 1 unspecified atom stereocenters. The second kappa shape index (κ2) is 5.05. The van der Waals surface area contributed by atoms with Gasteiger partial charge in [-0.1, -0.05) is 0 Å². The van der Waals surface area contributed by atoms with E-state index in [2.05, 4.69) is 0 Å². The first kappa shape index (κ1) is 11.7. The molecule has 1 amide bonds. The van der Waals surface area contributed by atoms with Gasteiger partial charge in [-0.15, -0.1) is 0 Å². The molecule has 0 bridgehead atoms. The van der Waals surface area contributed by atoms with Gasteiger partial charge in [0.15, 0.2) is 0 Å². The Hall–Kier alpha value is -0.750. The van der Waals surface area contributed by atoms with E-state index in [4.69, 9.17) is 9.84 Å². The molecule has 5 nitrogen and oxygen atoms in total. The van der Waals surface area contributed by atoms with Gasteiger partial charge in [-0.05, 0) is 12.8 Å². The van der Waals surface area contributed by atoms with Crippen LogP contribution in [0, 0.1) is 0 Å². The van der Waals surface area contributed by atoms with Crippen molar-refractivity contribution in [3.8, 4) is 0 Å². The molecule has 0 spiro atoms. The standard InChI is InChI=1S/C10H15NO4S/c12-9(8-2-1-4-15-8)11-3-5-16-6-7(11)10(13)14/h7-8H,1-6H2,(H,13,14)/t7?,8-/m0/s1. The smallest absolute Gasteiger partial charge is 0.327 e. The SMILES string of the molecule is O=C(O)C1CSCCN1C(=O)[C@@H]1CCCO1. The molecular formula is C10H15NO4S. The van der Waals surface area contributed by atoms with Crippen molar-refractivity contribution in [1.29, 1.82) is 0 Å². The highest BCUT2D eigenvalue weighted by Gasteiger charge is 2.37. The number of aliphatic carboxylic acids is 1. The van der Waals surface area contributed by atoms with Crippen LogP contribution in [0.15, 0.2) is 0 Å². The van der Waals surface area contributed by atoms with Crippen molar-refractivity contribution in [2.24, 2.45) is 0 Å². The van der Waals surface area contributed by atoms with E-state index in [9.17, 15) is 9.59 Å². The summed E-state index contributed by atoms with van der Waals surface area (Å²) in [5, 5.41) is 9.05. The summed E-state index contributed by atoms with van der Waals surface area (Å²) in [5.41, 5.74) is 0. The molecule has 2 aliphatic heterocycles. The molecule has 2 atom stereocenters. The van der Waals surface area contributed by atoms with E-state index in [1.54, 1.807) is 11.8 Å². The summed E-state index contributed by atoms with van der Waals surface area (Å²) in [5.74, 6) is 0.222. The molecule has 2 saturated heterocycles. The van der Waals surface area contributed by atoms with Crippen molar-refractivity contribution in [2.45, 2.75) is 25.0 Å². The van der Waals surface area contributed by atoms with E-state index in [0.29, 0.717) is 18.9 Å². The first-order valence-electron chi connectivity index (χ1n) is 5.43. The second-order valence-electron chi connectivity index (χ2n) is 3.96. The normalized spacial score (nSPS) is 30.4.